The van der Waals surface area contributed by atoms with Crippen molar-refractivity contribution in [3.63, 3.8) is 0 Å². The number of ether oxygens (including phenoxy) is 1. The fourth-order valence-corrected chi connectivity index (χ4v) is 2.29. The first-order valence-electron chi connectivity index (χ1n) is 5.94. The minimum absolute atomic E-state index is 0.482. The molecule has 0 bridgehead atoms. The van der Waals surface area contributed by atoms with Crippen LogP contribution in [0.1, 0.15) is 11.6 Å². The summed E-state index contributed by atoms with van der Waals surface area (Å²) in [5.74, 6) is 0.892. The number of hydrogen-bond acceptors (Lipinski definition) is 2. The van der Waals surface area contributed by atoms with Gasteiger partial charge in [0.2, 0.25) is 0 Å². The SMILES string of the molecule is COc1ccc(N2CC2c2ccc(Cl)cc2)cc1. The maximum Gasteiger partial charge on any atom is 0.119 e. The second-order valence-corrected chi connectivity index (χ2v) is 4.85. The summed E-state index contributed by atoms with van der Waals surface area (Å²) >= 11 is 5.90. The molecular weight excluding hydrogens is 246 g/mol. The Bertz CT molecular complexity index is 535. The smallest absolute Gasteiger partial charge is 0.119 e. The number of rotatable bonds is 3. The quantitative estimate of drug-likeness (QED) is 0.775. The molecule has 3 rings (SSSR count). The number of halogens is 1. The fraction of sp³-hybridized carbons (Fsp3) is 0.200. The van der Waals surface area contributed by atoms with Gasteiger partial charge in [0.25, 0.3) is 0 Å². The Balaban J connectivity index is 1.74. The molecule has 1 saturated heterocycles. The molecule has 3 heteroatoms. The van der Waals surface area contributed by atoms with Crippen LogP contribution < -0.4 is 9.64 Å². The standard InChI is InChI=1S/C15H14ClNO/c1-18-14-8-6-13(7-9-14)17-10-15(17)11-2-4-12(16)5-3-11/h2-9,15H,10H2,1H3. The van der Waals surface area contributed by atoms with Gasteiger partial charge in [-0.3, -0.25) is 0 Å². The first kappa shape index (κ1) is 11.4. The Morgan fingerprint density at radius 1 is 1.06 bits per heavy atom. The molecule has 0 spiro atoms. The van der Waals surface area contributed by atoms with Crippen LogP contribution in [-0.4, -0.2) is 13.7 Å². The van der Waals surface area contributed by atoms with Crippen molar-refractivity contribution in [3.05, 3.63) is 59.1 Å². The molecule has 1 fully saturated rings. The van der Waals surface area contributed by atoms with E-state index in [2.05, 4.69) is 29.2 Å². The third-order valence-corrected chi connectivity index (χ3v) is 3.52. The highest BCUT2D eigenvalue weighted by molar-refractivity contribution is 6.30. The normalized spacial score (nSPS) is 17.7. The molecular formula is C15H14ClNO. The topological polar surface area (TPSA) is 12.2 Å². The summed E-state index contributed by atoms with van der Waals surface area (Å²) in [5, 5.41) is 0.787. The third kappa shape index (κ3) is 2.16. The van der Waals surface area contributed by atoms with Crippen molar-refractivity contribution in [2.45, 2.75) is 6.04 Å². The Hall–Kier alpha value is -1.67. The summed E-state index contributed by atoms with van der Waals surface area (Å²) in [7, 11) is 1.68. The Morgan fingerprint density at radius 3 is 2.33 bits per heavy atom. The highest BCUT2D eigenvalue weighted by atomic mass is 35.5. The molecule has 0 N–H and O–H groups in total. The number of hydrogen-bond donors (Lipinski definition) is 0. The van der Waals surface area contributed by atoms with Gasteiger partial charge in [0.1, 0.15) is 5.75 Å². The van der Waals surface area contributed by atoms with Crippen molar-refractivity contribution in [3.8, 4) is 5.75 Å². The summed E-state index contributed by atoms with van der Waals surface area (Å²) < 4.78 is 5.16. The summed E-state index contributed by atoms with van der Waals surface area (Å²) in [6, 6.07) is 16.7. The van der Waals surface area contributed by atoms with Gasteiger partial charge in [0.05, 0.1) is 13.2 Å². The van der Waals surface area contributed by atoms with Gasteiger partial charge >= 0.3 is 0 Å². The maximum absolute atomic E-state index is 5.90. The van der Waals surface area contributed by atoms with E-state index in [1.54, 1.807) is 7.11 Å². The maximum atomic E-state index is 5.90. The summed E-state index contributed by atoms with van der Waals surface area (Å²) in [4.78, 5) is 2.35. The van der Waals surface area contributed by atoms with E-state index in [0.29, 0.717) is 6.04 Å². The molecule has 0 aromatic heterocycles. The second-order valence-electron chi connectivity index (χ2n) is 4.42. The minimum Gasteiger partial charge on any atom is -0.497 e. The zero-order valence-corrected chi connectivity index (χ0v) is 10.9. The van der Waals surface area contributed by atoms with Gasteiger partial charge in [-0.1, -0.05) is 23.7 Å². The van der Waals surface area contributed by atoms with E-state index in [1.165, 1.54) is 11.3 Å². The van der Waals surface area contributed by atoms with Gasteiger partial charge in [-0.25, -0.2) is 0 Å². The Morgan fingerprint density at radius 2 is 1.72 bits per heavy atom. The monoisotopic (exact) mass is 259 g/mol. The van der Waals surface area contributed by atoms with E-state index in [-0.39, 0.29) is 0 Å². The van der Waals surface area contributed by atoms with Gasteiger partial charge in [-0.2, -0.15) is 0 Å². The molecule has 2 nitrogen and oxygen atoms in total. The largest absolute Gasteiger partial charge is 0.497 e. The van der Waals surface area contributed by atoms with Crippen LogP contribution in [0.4, 0.5) is 5.69 Å². The Labute approximate surface area is 112 Å². The molecule has 1 aliphatic rings. The van der Waals surface area contributed by atoms with E-state index in [0.717, 1.165) is 17.3 Å². The minimum atomic E-state index is 0.482. The van der Waals surface area contributed by atoms with Gasteiger partial charge in [0.15, 0.2) is 0 Å². The van der Waals surface area contributed by atoms with E-state index >= 15 is 0 Å². The summed E-state index contributed by atoms with van der Waals surface area (Å²) in [6.45, 7) is 1.06. The average Bonchev–Trinajstić information content (AvgIpc) is 3.20. The molecule has 0 saturated carbocycles. The van der Waals surface area contributed by atoms with Crippen molar-refractivity contribution in [1.82, 2.24) is 0 Å². The Kier molecular flexibility index (Phi) is 2.88. The molecule has 18 heavy (non-hydrogen) atoms. The number of methoxy groups -OCH3 is 1. The van der Waals surface area contributed by atoms with E-state index in [4.69, 9.17) is 16.3 Å². The van der Waals surface area contributed by atoms with Crippen LogP contribution in [-0.2, 0) is 0 Å². The van der Waals surface area contributed by atoms with Crippen molar-refractivity contribution in [2.75, 3.05) is 18.6 Å². The van der Waals surface area contributed by atoms with Gasteiger partial charge in [0, 0.05) is 17.3 Å². The molecule has 2 aromatic rings. The molecule has 0 amide bonds. The lowest BCUT2D eigenvalue weighted by molar-refractivity contribution is 0.415. The zero-order chi connectivity index (χ0) is 12.5. The zero-order valence-electron chi connectivity index (χ0n) is 10.1. The molecule has 0 radical (unpaired) electrons. The van der Waals surface area contributed by atoms with E-state index < -0.39 is 0 Å². The number of nitrogens with zero attached hydrogens (tertiary/aromatic N) is 1. The fourth-order valence-electron chi connectivity index (χ4n) is 2.17. The predicted molar refractivity (Wildman–Crippen MR) is 74.5 cm³/mol. The lowest BCUT2D eigenvalue weighted by Gasteiger charge is -2.07. The lowest BCUT2D eigenvalue weighted by Crippen LogP contribution is -1.94. The van der Waals surface area contributed by atoms with Crippen molar-refractivity contribution >= 4 is 17.3 Å². The van der Waals surface area contributed by atoms with Crippen LogP contribution >= 0.6 is 11.6 Å². The second kappa shape index (κ2) is 4.54. The van der Waals surface area contributed by atoms with Crippen LogP contribution in [0.3, 0.4) is 0 Å². The first-order valence-corrected chi connectivity index (χ1v) is 6.32. The van der Waals surface area contributed by atoms with Crippen molar-refractivity contribution in [2.24, 2.45) is 0 Å². The van der Waals surface area contributed by atoms with E-state index in [1.807, 2.05) is 24.3 Å². The first-order chi connectivity index (χ1) is 8.78. The van der Waals surface area contributed by atoms with Gasteiger partial charge in [-0.15, -0.1) is 0 Å². The van der Waals surface area contributed by atoms with Crippen molar-refractivity contribution < 1.29 is 4.74 Å². The molecule has 1 heterocycles. The lowest BCUT2D eigenvalue weighted by atomic mass is 10.1. The molecule has 1 atom stereocenters. The van der Waals surface area contributed by atoms with Crippen LogP contribution in [0.5, 0.6) is 5.75 Å². The van der Waals surface area contributed by atoms with Gasteiger partial charge < -0.3 is 9.64 Å². The summed E-state index contributed by atoms with van der Waals surface area (Å²) in [6.07, 6.45) is 0. The highest BCUT2D eigenvalue weighted by Gasteiger charge is 2.35. The van der Waals surface area contributed by atoms with Crippen LogP contribution in [0, 0.1) is 0 Å². The molecule has 0 aliphatic carbocycles. The van der Waals surface area contributed by atoms with Crippen LogP contribution in [0.25, 0.3) is 0 Å². The van der Waals surface area contributed by atoms with Crippen molar-refractivity contribution in [1.29, 1.82) is 0 Å². The molecule has 2 aromatic carbocycles. The van der Waals surface area contributed by atoms with Gasteiger partial charge in [-0.05, 0) is 42.0 Å². The predicted octanol–water partition coefficient (Wildman–Crippen LogP) is 3.91. The average molecular weight is 260 g/mol. The highest BCUT2D eigenvalue weighted by Crippen LogP contribution is 2.40. The third-order valence-electron chi connectivity index (χ3n) is 3.27. The number of anilines is 1. The number of benzene rings is 2. The molecule has 1 unspecified atom stereocenters. The van der Waals surface area contributed by atoms with Crippen LogP contribution in [0.2, 0.25) is 5.02 Å². The van der Waals surface area contributed by atoms with Crippen LogP contribution in [0.15, 0.2) is 48.5 Å². The van der Waals surface area contributed by atoms with E-state index in [9.17, 15) is 0 Å². The molecule has 92 valence electrons. The summed E-state index contributed by atoms with van der Waals surface area (Å²) in [5.41, 5.74) is 2.55. The molecule has 1 aliphatic heterocycles.